The summed E-state index contributed by atoms with van der Waals surface area (Å²) in [7, 11) is 1.68. The molecule has 0 N–H and O–H groups in total. The zero-order valence-electron chi connectivity index (χ0n) is 5.72. The van der Waals surface area contributed by atoms with E-state index in [9.17, 15) is 0 Å². The van der Waals surface area contributed by atoms with Crippen molar-refractivity contribution in [2.24, 2.45) is 0 Å². The summed E-state index contributed by atoms with van der Waals surface area (Å²) in [5, 5.41) is 0. The number of rotatable bonds is 1. The van der Waals surface area contributed by atoms with Gasteiger partial charge in [-0.1, -0.05) is 24.3 Å². The summed E-state index contributed by atoms with van der Waals surface area (Å²) in [6, 6.07) is 0. The fourth-order valence-electron chi connectivity index (χ4n) is 0.727. The number of hydrogen-bond donors (Lipinski definition) is 0. The van der Waals surface area contributed by atoms with E-state index < -0.39 is 0 Å². The molecule has 1 aliphatic rings. The van der Waals surface area contributed by atoms with E-state index >= 15 is 0 Å². The molecule has 1 rings (SSSR count). The summed E-state index contributed by atoms with van der Waals surface area (Å²) >= 11 is 0. The highest BCUT2D eigenvalue weighted by molar-refractivity contribution is 5.41. The summed E-state index contributed by atoms with van der Waals surface area (Å²) in [5.41, 5.74) is 1.16. The van der Waals surface area contributed by atoms with Crippen LogP contribution in [0.25, 0.3) is 0 Å². The molecule has 0 heterocycles. The van der Waals surface area contributed by atoms with Crippen LogP contribution in [-0.4, -0.2) is 7.11 Å². The van der Waals surface area contributed by atoms with Crippen LogP contribution in [-0.2, 0) is 4.74 Å². The van der Waals surface area contributed by atoms with Gasteiger partial charge in [0.25, 0.3) is 0 Å². The maximum Gasteiger partial charge on any atom is 0.0996 e. The Bertz CT molecular complexity index is 171. The lowest BCUT2D eigenvalue weighted by atomic mass is 10.2. The van der Waals surface area contributed by atoms with Gasteiger partial charge in [0.05, 0.1) is 12.9 Å². The minimum absolute atomic E-state index is 0.972. The zero-order chi connectivity index (χ0) is 6.69. The lowest BCUT2D eigenvalue weighted by Crippen LogP contribution is -1.82. The van der Waals surface area contributed by atoms with E-state index in [1.54, 1.807) is 7.11 Å². The first-order chi connectivity index (χ1) is 4.34. The summed E-state index contributed by atoms with van der Waals surface area (Å²) in [5.74, 6) is 0.972. The Morgan fingerprint density at radius 1 is 1.33 bits per heavy atom. The molecule has 9 heavy (non-hydrogen) atoms. The average molecular weight is 122 g/mol. The lowest BCUT2D eigenvalue weighted by molar-refractivity contribution is 0.291. The number of allylic oxidation sites excluding steroid dienone is 6. The fraction of sp³-hybridized carbons (Fsp3) is 0.250. The maximum atomic E-state index is 5.01. The third-order valence-electron chi connectivity index (χ3n) is 1.38. The Balaban J connectivity index is 2.81. The molecule has 0 saturated carbocycles. The monoisotopic (exact) mass is 122 g/mol. The molecule has 48 valence electrons. The SMILES string of the molecule is COC(C)=C1C=CC=C1. The van der Waals surface area contributed by atoms with Gasteiger partial charge in [0.15, 0.2) is 0 Å². The van der Waals surface area contributed by atoms with Gasteiger partial charge in [-0.05, 0) is 6.92 Å². The maximum absolute atomic E-state index is 5.01. The number of hydrogen-bond acceptors (Lipinski definition) is 1. The molecule has 0 spiro atoms. The molecule has 0 bridgehead atoms. The topological polar surface area (TPSA) is 9.23 Å². The van der Waals surface area contributed by atoms with E-state index in [2.05, 4.69) is 0 Å². The molecule has 0 aromatic heterocycles. The van der Waals surface area contributed by atoms with E-state index in [0.717, 1.165) is 11.3 Å². The van der Waals surface area contributed by atoms with Crippen molar-refractivity contribution in [3.63, 3.8) is 0 Å². The van der Waals surface area contributed by atoms with Crippen LogP contribution in [0, 0.1) is 0 Å². The second-order valence-electron chi connectivity index (χ2n) is 1.93. The van der Waals surface area contributed by atoms with Gasteiger partial charge in [-0.25, -0.2) is 0 Å². The van der Waals surface area contributed by atoms with Crippen molar-refractivity contribution >= 4 is 0 Å². The van der Waals surface area contributed by atoms with E-state index in [1.165, 1.54) is 0 Å². The minimum Gasteiger partial charge on any atom is -0.501 e. The number of ether oxygens (including phenoxy) is 1. The molecule has 0 atom stereocenters. The van der Waals surface area contributed by atoms with Crippen LogP contribution in [0.4, 0.5) is 0 Å². The van der Waals surface area contributed by atoms with Crippen LogP contribution >= 0.6 is 0 Å². The van der Waals surface area contributed by atoms with Crippen molar-refractivity contribution in [3.05, 3.63) is 35.6 Å². The fourth-order valence-corrected chi connectivity index (χ4v) is 0.727. The Hall–Kier alpha value is -0.980. The molecular formula is C8H10O. The minimum atomic E-state index is 0.972. The van der Waals surface area contributed by atoms with Gasteiger partial charge >= 0.3 is 0 Å². The highest BCUT2D eigenvalue weighted by Crippen LogP contribution is 2.12. The Morgan fingerprint density at radius 2 is 1.89 bits per heavy atom. The van der Waals surface area contributed by atoms with E-state index in [0.29, 0.717) is 0 Å². The molecule has 1 aliphatic carbocycles. The van der Waals surface area contributed by atoms with Crippen molar-refractivity contribution in [1.29, 1.82) is 0 Å². The van der Waals surface area contributed by atoms with Crippen LogP contribution in [0.3, 0.4) is 0 Å². The van der Waals surface area contributed by atoms with Gasteiger partial charge < -0.3 is 4.74 Å². The molecule has 1 nitrogen and oxygen atoms in total. The van der Waals surface area contributed by atoms with Gasteiger partial charge in [0, 0.05) is 5.57 Å². The quantitative estimate of drug-likeness (QED) is 0.483. The van der Waals surface area contributed by atoms with Gasteiger partial charge in [-0.15, -0.1) is 0 Å². The van der Waals surface area contributed by atoms with Crippen molar-refractivity contribution in [2.45, 2.75) is 6.92 Å². The summed E-state index contributed by atoms with van der Waals surface area (Å²) in [4.78, 5) is 0. The second-order valence-corrected chi connectivity index (χ2v) is 1.93. The van der Waals surface area contributed by atoms with Gasteiger partial charge in [-0.2, -0.15) is 0 Å². The summed E-state index contributed by atoms with van der Waals surface area (Å²) < 4.78 is 5.01. The Morgan fingerprint density at radius 3 is 2.33 bits per heavy atom. The lowest BCUT2D eigenvalue weighted by Gasteiger charge is -1.98. The normalized spacial score (nSPS) is 14.7. The molecular weight excluding hydrogens is 112 g/mol. The first-order valence-corrected chi connectivity index (χ1v) is 2.94. The largest absolute Gasteiger partial charge is 0.501 e. The predicted octanol–water partition coefficient (Wildman–Crippen LogP) is 2.03. The van der Waals surface area contributed by atoms with Crippen LogP contribution in [0.2, 0.25) is 0 Å². The third kappa shape index (κ3) is 1.22. The third-order valence-corrected chi connectivity index (χ3v) is 1.38. The highest BCUT2D eigenvalue weighted by atomic mass is 16.5. The van der Waals surface area contributed by atoms with Crippen molar-refractivity contribution in [1.82, 2.24) is 0 Å². The van der Waals surface area contributed by atoms with Crippen LogP contribution < -0.4 is 0 Å². The van der Waals surface area contributed by atoms with E-state index in [4.69, 9.17) is 4.74 Å². The van der Waals surface area contributed by atoms with E-state index in [-0.39, 0.29) is 0 Å². The van der Waals surface area contributed by atoms with Crippen molar-refractivity contribution in [3.8, 4) is 0 Å². The highest BCUT2D eigenvalue weighted by Gasteiger charge is 1.95. The molecule has 1 heteroatoms. The first-order valence-electron chi connectivity index (χ1n) is 2.94. The molecule has 0 saturated heterocycles. The van der Waals surface area contributed by atoms with Gasteiger partial charge in [-0.3, -0.25) is 0 Å². The zero-order valence-corrected chi connectivity index (χ0v) is 5.72. The van der Waals surface area contributed by atoms with E-state index in [1.807, 2.05) is 31.2 Å². The van der Waals surface area contributed by atoms with Crippen molar-refractivity contribution in [2.75, 3.05) is 7.11 Å². The average Bonchev–Trinajstić information content (AvgIpc) is 2.37. The molecule has 0 fully saturated rings. The standard InChI is InChI=1S/C8H10O/c1-7(9-2)8-5-3-4-6-8/h3-6H,1-2H3. The van der Waals surface area contributed by atoms with Gasteiger partial charge in [0.2, 0.25) is 0 Å². The Labute approximate surface area is 55.3 Å². The van der Waals surface area contributed by atoms with Gasteiger partial charge in [0.1, 0.15) is 0 Å². The number of methoxy groups -OCH3 is 1. The van der Waals surface area contributed by atoms with Crippen LogP contribution in [0.5, 0.6) is 0 Å². The van der Waals surface area contributed by atoms with Crippen LogP contribution in [0.1, 0.15) is 6.92 Å². The molecule has 0 aromatic carbocycles. The van der Waals surface area contributed by atoms with Crippen molar-refractivity contribution < 1.29 is 4.74 Å². The molecule has 0 radical (unpaired) electrons. The molecule has 0 amide bonds. The van der Waals surface area contributed by atoms with Crippen LogP contribution in [0.15, 0.2) is 35.6 Å². The smallest absolute Gasteiger partial charge is 0.0996 e. The predicted molar refractivity (Wildman–Crippen MR) is 38.0 cm³/mol. The molecule has 0 unspecified atom stereocenters. The Kier molecular flexibility index (Phi) is 1.73. The second kappa shape index (κ2) is 2.53. The first kappa shape index (κ1) is 6.14. The molecule has 0 aromatic rings. The summed E-state index contributed by atoms with van der Waals surface area (Å²) in [6.07, 6.45) is 8.05. The molecule has 0 aliphatic heterocycles. The summed E-state index contributed by atoms with van der Waals surface area (Å²) in [6.45, 7) is 1.95.